The molecule has 1 aliphatic carbocycles. The Labute approximate surface area is 165 Å². The average molecular weight is 395 g/mol. The third-order valence-corrected chi connectivity index (χ3v) is 6.18. The summed E-state index contributed by atoms with van der Waals surface area (Å²) in [6.45, 7) is 0.757. The summed E-state index contributed by atoms with van der Waals surface area (Å²) in [5.74, 6) is 0.149. The van der Waals surface area contributed by atoms with E-state index in [-0.39, 0.29) is 11.8 Å². The second-order valence-corrected chi connectivity index (χ2v) is 8.24. The van der Waals surface area contributed by atoms with Crippen molar-refractivity contribution < 1.29 is 9.36 Å². The van der Waals surface area contributed by atoms with E-state index in [4.69, 9.17) is 11.6 Å². The van der Waals surface area contributed by atoms with E-state index in [1.54, 1.807) is 17.4 Å². The van der Waals surface area contributed by atoms with Crippen molar-refractivity contribution >= 4 is 39.6 Å². The first-order valence-corrected chi connectivity index (χ1v) is 10.2. The van der Waals surface area contributed by atoms with Crippen molar-refractivity contribution in [3.63, 3.8) is 0 Å². The van der Waals surface area contributed by atoms with E-state index in [0.717, 1.165) is 46.4 Å². The van der Waals surface area contributed by atoms with Gasteiger partial charge in [0.15, 0.2) is 29.7 Å². The molecule has 0 N–H and O–H groups in total. The van der Waals surface area contributed by atoms with Crippen LogP contribution >= 0.6 is 22.9 Å². The van der Waals surface area contributed by atoms with E-state index in [2.05, 4.69) is 38.6 Å². The number of carbonyl (C=O) groups excluding carboxylic acids is 1. The van der Waals surface area contributed by atoms with Crippen LogP contribution in [-0.4, -0.2) is 15.3 Å². The smallest absolute Gasteiger partial charge is 0.199 e. The highest BCUT2D eigenvalue weighted by molar-refractivity contribution is 7.09. The lowest BCUT2D eigenvalue weighted by Crippen LogP contribution is -2.33. The van der Waals surface area contributed by atoms with Crippen molar-refractivity contribution in [1.29, 1.82) is 0 Å². The van der Waals surface area contributed by atoms with Crippen molar-refractivity contribution in [3.05, 3.63) is 81.7 Å². The Balaban J connectivity index is 1.49. The normalized spacial score (nSPS) is 16.6. The number of rotatable bonds is 3. The van der Waals surface area contributed by atoms with Crippen LogP contribution in [0.5, 0.6) is 0 Å². The first-order valence-electron chi connectivity index (χ1n) is 8.90. The molecule has 1 aromatic carbocycles. The fourth-order valence-corrected chi connectivity index (χ4v) is 4.67. The third-order valence-electron chi connectivity index (χ3n) is 5.18. The van der Waals surface area contributed by atoms with Crippen LogP contribution in [0.3, 0.4) is 0 Å². The molecule has 6 heteroatoms. The zero-order valence-corrected chi connectivity index (χ0v) is 16.1. The zero-order valence-electron chi connectivity index (χ0n) is 14.5. The van der Waals surface area contributed by atoms with E-state index in [1.807, 2.05) is 29.9 Å². The van der Waals surface area contributed by atoms with Crippen LogP contribution in [0, 0.1) is 0 Å². The lowest BCUT2D eigenvalue weighted by Gasteiger charge is -2.25. The monoisotopic (exact) mass is 394 g/mol. The van der Waals surface area contributed by atoms with Crippen molar-refractivity contribution in [2.45, 2.75) is 25.4 Å². The molecule has 0 aliphatic heterocycles. The van der Waals surface area contributed by atoms with Gasteiger partial charge in [0, 0.05) is 34.4 Å². The van der Waals surface area contributed by atoms with Crippen LogP contribution in [0.1, 0.15) is 33.4 Å². The van der Waals surface area contributed by atoms with E-state index < -0.39 is 0 Å². The number of halogens is 1. The van der Waals surface area contributed by atoms with Gasteiger partial charge in [-0.1, -0.05) is 17.7 Å². The van der Waals surface area contributed by atoms with Crippen LogP contribution < -0.4 is 4.57 Å². The molecule has 27 heavy (non-hydrogen) atoms. The number of hydrogen-bond acceptors (Lipinski definition) is 3. The van der Waals surface area contributed by atoms with Crippen molar-refractivity contribution in [1.82, 2.24) is 9.55 Å². The minimum absolute atomic E-state index is 0.149. The molecule has 0 saturated heterocycles. The zero-order chi connectivity index (χ0) is 18.4. The molecule has 0 spiro atoms. The highest BCUT2D eigenvalue weighted by Gasteiger charge is 2.29. The Bertz CT molecular complexity index is 1150. The number of pyridine rings is 1. The number of ketones is 1. The van der Waals surface area contributed by atoms with Gasteiger partial charge >= 0.3 is 0 Å². The molecule has 0 bridgehead atoms. The van der Waals surface area contributed by atoms with Gasteiger partial charge in [0.1, 0.15) is 0 Å². The number of aromatic nitrogens is 3. The number of Topliss-reactive ketones (excluding diaryl/α,β-unsaturated/α-hetero) is 1. The molecule has 5 rings (SSSR count). The van der Waals surface area contributed by atoms with Crippen LogP contribution in [0.4, 0.5) is 0 Å². The number of carbonyl (C=O) groups is 1. The van der Waals surface area contributed by atoms with Crippen LogP contribution in [-0.2, 0) is 13.0 Å². The fraction of sp³-hybridized carbons (Fsp3) is 0.190. The fourth-order valence-electron chi connectivity index (χ4n) is 3.88. The van der Waals surface area contributed by atoms with Gasteiger partial charge in [-0.25, -0.2) is 4.98 Å². The SMILES string of the molecule is O=C1c2cc(Cl)ccc2CCC1n1ccc2c[n+](Cc3nccs3)ccc21. The number of aryl methyl sites for hydroxylation is 1. The summed E-state index contributed by atoms with van der Waals surface area (Å²) in [6, 6.07) is 9.63. The standard InChI is InChI=1S/C21H17ClN3OS/c22-16-3-1-14-2-4-19(21(26)17(14)11-16)25-9-5-15-12-24(8-6-18(15)25)13-20-23-7-10-27-20/h1,3,5-12,19H,2,4,13H2/q+1. The minimum Gasteiger partial charge on any atom is -0.336 e. The van der Waals surface area contributed by atoms with Gasteiger partial charge in [0.05, 0.1) is 16.9 Å². The summed E-state index contributed by atoms with van der Waals surface area (Å²) in [5.41, 5.74) is 2.93. The molecule has 3 heterocycles. The van der Waals surface area contributed by atoms with Gasteiger partial charge in [0.25, 0.3) is 0 Å². The topological polar surface area (TPSA) is 38.8 Å². The van der Waals surface area contributed by atoms with Gasteiger partial charge in [0.2, 0.25) is 0 Å². The quantitative estimate of drug-likeness (QED) is 0.481. The molecule has 0 saturated carbocycles. The highest BCUT2D eigenvalue weighted by atomic mass is 35.5. The summed E-state index contributed by atoms with van der Waals surface area (Å²) >= 11 is 7.77. The Morgan fingerprint density at radius 1 is 1.30 bits per heavy atom. The Kier molecular flexibility index (Phi) is 4.06. The highest BCUT2D eigenvalue weighted by Crippen LogP contribution is 2.32. The molecular formula is C21H17ClN3OS+. The first-order chi connectivity index (χ1) is 13.2. The molecular weight excluding hydrogens is 378 g/mol. The number of nitrogens with zero attached hydrogens (tertiary/aromatic N) is 3. The van der Waals surface area contributed by atoms with Crippen molar-refractivity contribution in [2.24, 2.45) is 0 Å². The molecule has 4 aromatic rings. The Morgan fingerprint density at radius 2 is 2.22 bits per heavy atom. The molecule has 1 aliphatic rings. The van der Waals surface area contributed by atoms with E-state index in [9.17, 15) is 4.79 Å². The first kappa shape index (κ1) is 16.7. The number of thiazole rings is 1. The molecule has 0 fully saturated rings. The Hall–Kier alpha value is -2.50. The van der Waals surface area contributed by atoms with Crippen LogP contribution in [0.15, 0.2) is 60.5 Å². The lowest BCUT2D eigenvalue weighted by molar-refractivity contribution is -0.687. The van der Waals surface area contributed by atoms with Gasteiger partial charge in [-0.3, -0.25) is 4.79 Å². The number of fused-ring (bicyclic) bond motifs is 2. The summed E-state index contributed by atoms with van der Waals surface area (Å²) in [7, 11) is 0. The van der Waals surface area contributed by atoms with E-state index >= 15 is 0 Å². The molecule has 1 unspecified atom stereocenters. The summed E-state index contributed by atoms with van der Waals surface area (Å²) in [5, 5.41) is 4.81. The third kappa shape index (κ3) is 2.97. The van der Waals surface area contributed by atoms with Gasteiger partial charge in [-0.2, -0.15) is 4.57 Å². The maximum absolute atomic E-state index is 13.1. The van der Waals surface area contributed by atoms with E-state index in [0.29, 0.717) is 5.02 Å². The second kappa shape index (κ2) is 6.59. The summed E-state index contributed by atoms with van der Waals surface area (Å²) < 4.78 is 4.23. The molecule has 0 radical (unpaired) electrons. The number of benzene rings is 1. The molecule has 4 nitrogen and oxygen atoms in total. The van der Waals surface area contributed by atoms with Gasteiger partial charge in [-0.15, -0.1) is 11.3 Å². The minimum atomic E-state index is -0.178. The van der Waals surface area contributed by atoms with Crippen LogP contribution in [0.25, 0.3) is 10.9 Å². The predicted molar refractivity (Wildman–Crippen MR) is 106 cm³/mol. The van der Waals surface area contributed by atoms with Crippen molar-refractivity contribution in [2.75, 3.05) is 0 Å². The van der Waals surface area contributed by atoms with E-state index in [1.165, 1.54) is 0 Å². The molecule has 134 valence electrons. The number of hydrogen-bond donors (Lipinski definition) is 0. The largest absolute Gasteiger partial charge is 0.336 e. The van der Waals surface area contributed by atoms with Gasteiger partial charge in [-0.05, 0) is 36.6 Å². The van der Waals surface area contributed by atoms with Crippen LogP contribution in [0.2, 0.25) is 5.02 Å². The maximum atomic E-state index is 13.1. The van der Waals surface area contributed by atoms with Crippen molar-refractivity contribution in [3.8, 4) is 0 Å². The summed E-state index contributed by atoms with van der Waals surface area (Å²) in [6.07, 6.45) is 9.72. The second-order valence-electron chi connectivity index (χ2n) is 6.83. The summed E-state index contributed by atoms with van der Waals surface area (Å²) in [4.78, 5) is 17.4. The molecule has 3 aromatic heterocycles. The molecule has 1 atom stereocenters. The Morgan fingerprint density at radius 3 is 3.07 bits per heavy atom. The predicted octanol–water partition coefficient (Wildman–Crippen LogP) is 4.46. The lowest BCUT2D eigenvalue weighted by atomic mass is 9.87. The van der Waals surface area contributed by atoms with Gasteiger partial charge < -0.3 is 4.57 Å². The maximum Gasteiger partial charge on any atom is 0.199 e. The molecule has 0 amide bonds. The average Bonchev–Trinajstić information content (AvgIpc) is 3.32.